The maximum absolute atomic E-state index is 4.66. The van der Waals surface area contributed by atoms with Crippen LogP contribution < -0.4 is 4.90 Å². The number of aromatic nitrogens is 5. The molecule has 3 rings (SSSR count). The molecule has 0 atom stereocenters. The summed E-state index contributed by atoms with van der Waals surface area (Å²) in [7, 11) is 2.02. The molecular weight excluding hydrogens is 296 g/mol. The molecule has 0 aliphatic heterocycles. The highest BCUT2D eigenvalue weighted by atomic mass is 32.1. The number of hydrogen-bond donors (Lipinski definition) is 0. The molecule has 7 heteroatoms. The van der Waals surface area contributed by atoms with Crippen molar-refractivity contribution < 1.29 is 0 Å². The predicted octanol–water partition coefficient (Wildman–Crippen LogP) is 2.41. The fourth-order valence-electron chi connectivity index (χ4n) is 2.25. The summed E-state index contributed by atoms with van der Waals surface area (Å²) in [6, 6.07) is 2.03. The van der Waals surface area contributed by atoms with Gasteiger partial charge in [0.15, 0.2) is 5.82 Å². The van der Waals surface area contributed by atoms with Gasteiger partial charge in [0, 0.05) is 37.3 Å². The highest BCUT2D eigenvalue weighted by molar-refractivity contribution is 7.09. The fourth-order valence-corrected chi connectivity index (χ4v) is 2.86. The number of likely N-dealkylation sites (N-methyl/N-ethyl adjacent to an activating group) is 1. The molecule has 114 valence electrons. The Balaban J connectivity index is 1.77. The van der Waals surface area contributed by atoms with Gasteiger partial charge in [-0.1, -0.05) is 0 Å². The van der Waals surface area contributed by atoms with Crippen LogP contribution in [0.4, 0.5) is 5.82 Å². The Hall–Kier alpha value is -2.28. The minimum atomic E-state index is 0.740. The van der Waals surface area contributed by atoms with Crippen molar-refractivity contribution in [1.82, 2.24) is 24.7 Å². The quantitative estimate of drug-likeness (QED) is 0.724. The van der Waals surface area contributed by atoms with Crippen LogP contribution in [0.5, 0.6) is 0 Å². The summed E-state index contributed by atoms with van der Waals surface area (Å²) >= 11 is 1.68. The molecule has 3 aromatic heterocycles. The first kappa shape index (κ1) is 14.6. The normalized spacial score (nSPS) is 10.9. The van der Waals surface area contributed by atoms with Gasteiger partial charge in [-0.05, 0) is 19.9 Å². The van der Waals surface area contributed by atoms with Crippen LogP contribution in [0.1, 0.15) is 16.4 Å². The van der Waals surface area contributed by atoms with Gasteiger partial charge in [-0.3, -0.25) is 4.98 Å². The molecule has 0 amide bonds. The van der Waals surface area contributed by atoms with Gasteiger partial charge in [0.2, 0.25) is 0 Å². The zero-order valence-electron chi connectivity index (χ0n) is 12.9. The van der Waals surface area contributed by atoms with Crippen LogP contribution in [0.3, 0.4) is 0 Å². The Bertz CT molecular complexity index is 749. The molecule has 3 aromatic rings. The summed E-state index contributed by atoms with van der Waals surface area (Å²) in [5, 5.41) is 7.59. The average Bonchev–Trinajstić information content (AvgIpc) is 3.14. The van der Waals surface area contributed by atoms with Crippen molar-refractivity contribution in [2.75, 3.05) is 18.5 Å². The number of rotatable bonds is 5. The van der Waals surface area contributed by atoms with Gasteiger partial charge >= 0.3 is 0 Å². The summed E-state index contributed by atoms with van der Waals surface area (Å²) in [5.74, 6) is 1.57. The summed E-state index contributed by atoms with van der Waals surface area (Å²) < 4.78 is 1.82. The first-order valence-electron chi connectivity index (χ1n) is 7.08. The van der Waals surface area contributed by atoms with Gasteiger partial charge in [-0.2, -0.15) is 5.10 Å². The first-order valence-corrected chi connectivity index (χ1v) is 7.96. The summed E-state index contributed by atoms with van der Waals surface area (Å²) in [5.41, 5.74) is 2.02. The van der Waals surface area contributed by atoms with Crippen LogP contribution in [-0.2, 0) is 6.42 Å². The molecule has 6 nitrogen and oxygen atoms in total. The van der Waals surface area contributed by atoms with Crippen LogP contribution in [0.2, 0.25) is 0 Å². The monoisotopic (exact) mass is 314 g/mol. The molecule has 0 aliphatic carbocycles. The Labute approximate surface area is 133 Å². The Morgan fingerprint density at radius 3 is 2.82 bits per heavy atom. The first-order chi connectivity index (χ1) is 10.6. The second-order valence-electron chi connectivity index (χ2n) is 5.17. The van der Waals surface area contributed by atoms with E-state index in [4.69, 9.17) is 0 Å². The Morgan fingerprint density at radius 1 is 1.27 bits per heavy atom. The lowest BCUT2D eigenvalue weighted by Gasteiger charge is -2.17. The van der Waals surface area contributed by atoms with Crippen molar-refractivity contribution in [2.45, 2.75) is 20.3 Å². The molecule has 0 saturated heterocycles. The lowest BCUT2D eigenvalue weighted by molar-refractivity contribution is 0.785. The molecule has 0 aliphatic rings. The van der Waals surface area contributed by atoms with Crippen LogP contribution in [0.15, 0.2) is 30.0 Å². The highest BCUT2D eigenvalue weighted by Gasteiger charge is 2.09. The third kappa shape index (κ3) is 3.14. The van der Waals surface area contributed by atoms with Crippen molar-refractivity contribution in [3.8, 4) is 5.82 Å². The smallest absolute Gasteiger partial charge is 0.174 e. The van der Waals surface area contributed by atoms with E-state index in [0.717, 1.165) is 41.0 Å². The average molecular weight is 314 g/mol. The van der Waals surface area contributed by atoms with E-state index in [9.17, 15) is 0 Å². The lowest BCUT2D eigenvalue weighted by Crippen LogP contribution is -2.22. The summed E-state index contributed by atoms with van der Waals surface area (Å²) in [6.45, 7) is 4.84. The SMILES string of the molecule is Cc1cc(C)n(-c2cncc(N(C)CCc3nccs3)n2)n1. The molecule has 0 radical (unpaired) electrons. The predicted molar refractivity (Wildman–Crippen MR) is 87.7 cm³/mol. The van der Waals surface area contributed by atoms with Crippen molar-refractivity contribution in [3.05, 3.63) is 46.4 Å². The third-order valence-corrected chi connectivity index (χ3v) is 4.21. The molecular formula is C15H18N6S. The van der Waals surface area contributed by atoms with Gasteiger partial charge in [-0.25, -0.2) is 14.6 Å². The molecule has 0 bridgehead atoms. The van der Waals surface area contributed by atoms with Crippen LogP contribution in [0, 0.1) is 13.8 Å². The highest BCUT2D eigenvalue weighted by Crippen LogP contribution is 2.14. The van der Waals surface area contributed by atoms with E-state index >= 15 is 0 Å². The minimum absolute atomic E-state index is 0.740. The molecule has 0 spiro atoms. The molecule has 0 saturated carbocycles. The molecule has 0 aromatic carbocycles. The van der Waals surface area contributed by atoms with E-state index in [1.807, 2.05) is 43.2 Å². The molecule has 22 heavy (non-hydrogen) atoms. The van der Waals surface area contributed by atoms with Gasteiger partial charge in [-0.15, -0.1) is 11.3 Å². The third-order valence-electron chi connectivity index (χ3n) is 3.37. The largest absolute Gasteiger partial charge is 0.358 e. The maximum atomic E-state index is 4.66. The number of aryl methyl sites for hydroxylation is 2. The summed E-state index contributed by atoms with van der Waals surface area (Å²) in [4.78, 5) is 15.4. The van der Waals surface area contributed by atoms with E-state index in [2.05, 4.69) is 25.0 Å². The van der Waals surface area contributed by atoms with E-state index in [1.54, 1.807) is 23.7 Å². The maximum Gasteiger partial charge on any atom is 0.174 e. The van der Waals surface area contributed by atoms with Gasteiger partial charge in [0.1, 0.15) is 5.82 Å². The Morgan fingerprint density at radius 2 is 2.14 bits per heavy atom. The second kappa shape index (κ2) is 6.23. The number of anilines is 1. The van der Waals surface area contributed by atoms with E-state index in [-0.39, 0.29) is 0 Å². The molecule has 3 heterocycles. The fraction of sp³-hybridized carbons (Fsp3) is 0.333. The van der Waals surface area contributed by atoms with Crippen LogP contribution in [0.25, 0.3) is 5.82 Å². The van der Waals surface area contributed by atoms with Gasteiger partial charge < -0.3 is 4.90 Å². The molecule has 0 fully saturated rings. The number of hydrogen-bond acceptors (Lipinski definition) is 6. The zero-order valence-corrected chi connectivity index (χ0v) is 13.7. The van der Waals surface area contributed by atoms with E-state index in [1.165, 1.54) is 0 Å². The van der Waals surface area contributed by atoms with Gasteiger partial charge in [0.05, 0.1) is 23.1 Å². The van der Waals surface area contributed by atoms with Crippen LogP contribution >= 0.6 is 11.3 Å². The molecule has 0 unspecified atom stereocenters. The lowest BCUT2D eigenvalue weighted by atomic mass is 10.4. The van der Waals surface area contributed by atoms with E-state index in [0.29, 0.717) is 0 Å². The summed E-state index contributed by atoms with van der Waals surface area (Å²) in [6.07, 6.45) is 6.25. The number of thiazole rings is 1. The van der Waals surface area contributed by atoms with Crippen molar-refractivity contribution in [2.24, 2.45) is 0 Å². The second-order valence-corrected chi connectivity index (χ2v) is 6.15. The molecule has 0 N–H and O–H groups in total. The van der Waals surface area contributed by atoms with E-state index < -0.39 is 0 Å². The van der Waals surface area contributed by atoms with Gasteiger partial charge in [0.25, 0.3) is 0 Å². The topological polar surface area (TPSA) is 59.7 Å². The van der Waals surface area contributed by atoms with Crippen molar-refractivity contribution >= 4 is 17.2 Å². The standard InChI is InChI=1S/C15H18N6S/c1-11-8-12(2)21(19-11)14-10-16-9-13(18-14)20(3)6-4-15-17-5-7-22-15/h5,7-10H,4,6H2,1-3H3. The zero-order chi connectivity index (χ0) is 15.5. The Kier molecular flexibility index (Phi) is 4.15. The van der Waals surface area contributed by atoms with Crippen molar-refractivity contribution in [3.63, 3.8) is 0 Å². The number of nitrogens with zero attached hydrogens (tertiary/aromatic N) is 6. The van der Waals surface area contributed by atoms with Crippen LogP contribution in [-0.4, -0.2) is 38.3 Å². The minimum Gasteiger partial charge on any atom is -0.358 e. The van der Waals surface area contributed by atoms with Crippen molar-refractivity contribution in [1.29, 1.82) is 0 Å².